The number of benzene rings is 3. The maximum absolute atomic E-state index is 11.6. The Kier molecular flexibility index (Phi) is 3.75. The van der Waals surface area contributed by atoms with Crippen molar-refractivity contribution in [3.63, 3.8) is 0 Å². The van der Waals surface area contributed by atoms with Gasteiger partial charge in [0.25, 0.3) is 0 Å². The lowest BCUT2D eigenvalue weighted by atomic mass is 9.92. The molecule has 2 nitrogen and oxygen atoms in total. The maximum Gasteiger partial charge on any atom is 0.336 e. The molecule has 0 saturated carbocycles. The zero-order chi connectivity index (χ0) is 15.5. The van der Waals surface area contributed by atoms with Gasteiger partial charge in [0.05, 0.1) is 5.56 Å². The smallest absolute Gasteiger partial charge is 0.336 e. The van der Waals surface area contributed by atoms with Gasteiger partial charge in [-0.05, 0) is 46.9 Å². The monoisotopic (exact) mass is 288 g/mol. The SMILES string of the molecule is Cc1ccccc1-c1cc(-c2ccccc2)ccc1C(=O)O. The first-order chi connectivity index (χ1) is 10.7. The highest BCUT2D eigenvalue weighted by Gasteiger charge is 2.14. The van der Waals surface area contributed by atoms with Gasteiger partial charge in [0, 0.05) is 0 Å². The van der Waals surface area contributed by atoms with E-state index in [1.807, 2.05) is 73.7 Å². The van der Waals surface area contributed by atoms with Gasteiger partial charge in [-0.1, -0.05) is 60.7 Å². The Bertz CT molecular complexity index is 820. The first-order valence-electron chi connectivity index (χ1n) is 7.15. The van der Waals surface area contributed by atoms with Crippen LogP contribution in [-0.2, 0) is 0 Å². The molecule has 108 valence electrons. The highest BCUT2D eigenvalue weighted by Crippen LogP contribution is 2.31. The van der Waals surface area contributed by atoms with Gasteiger partial charge in [-0.25, -0.2) is 4.79 Å². The fourth-order valence-electron chi connectivity index (χ4n) is 2.64. The van der Waals surface area contributed by atoms with Crippen molar-refractivity contribution in [1.29, 1.82) is 0 Å². The zero-order valence-electron chi connectivity index (χ0n) is 12.3. The molecule has 0 fully saturated rings. The number of carboxylic acids is 1. The molecule has 0 aromatic heterocycles. The lowest BCUT2D eigenvalue weighted by Gasteiger charge is -2.12. The van der Waals surface area contributed by atoms with Gasteiger partial charge in [-0.3, -0.25) is 0 Å². The van der Waals surface area contributed by atoms with E-state index < -0.39 is 5.97 Å². The molecule has 3 aromatic rings. The van der Waals surface area contributed by atoms with Crippen LogP contribution in [0, 0.1) is 6.92 Å². The fourth-order valence-corrected chi connectivity index (χ4v) is 2.64. The Balaban J connectivity index is 2.22. The van der Waals surface area contributed by atoms with Crippen LogP contribution in [-0.4, -0.2) is 11.1 Å². The average molecular weight is 288 g/mol. The molecular weight excluding hydrogens is 272 g/mol. The van der Waals surface area contributed by atoms with Crippen LogP contribution >= 0.6 is 0 Å². The fraction of sp³-hybridized carbons (Fsp3) is 0.0500. The second-order valence-electron chi connectivity index (χ2n) is 5.25. The number of aromatic carboxylic acids is 1. The summed E-state index contributed by atoms with van der Waals surface area (Å²) < 4.78 is 0. The van der Waals surface area contributed by atoms with Gasteiger partial charge in [0.2, 0.25) is 0 Å². The van der Waals surface area contributed by atoms with Crippen molar-refractivity contribution in [3.8, 4) is 22.3 Å². The Morgan fingerprint density at radius 1 is 0.773 bits per heavy atom. The molecule has 0 radical (unpaired) electrons. The van der Waals surface area contributed by atoms with Crippen LogP contribution in [0.15, 0.2) is 72.8 Å². The minimum Gasteiger partial charge on any atom is -0.478 e. The highest BCUT2D eigenvalue weighted by atomic mass is 16.4. The summed E-state index contributed by atoms with van der Waals surface area (Å²) in [5, 5.41) is 9.48. The molecule has 0 aliphatic heterocycles. The minimum atomic E-state index is -0.905. The summed E-state index contributed by atoms with van der Waals surface area (Å²) in [6, 6.07) is 23.3. The molecule has 0 heterocycles. The second-order valence-corrected chi connectivity index (χ2v) is 5.25. The number of hydrogen-bond donors (Lipinski definition) is 1. The molecule has 0 saturated heterocycles. The number of aryl methyl sites for hydroxylation is 1. The van der Waals surface area contributed by atoms with E-state index in [0.29, 0.717) is 5.56 Å². The summed E-state index contributed by atoms with van der Waals surface area (Å²) in [7, 11) is 0. The van der Waals surface area contributed by atoms with Crippen molar-refractivity contribution < 1.29 is 9.90 Å². The van der Waals surface area contributed by atoms with Crippen LogP contribution in [0.5, 0.6) is 0 Å². The third-order valence-electron chi connectivity index (χ3n) is 3.79. The zero-order valence-corrected chi connectivity index (χ0v) is 12.3. The molecule has 0 amide bonds. The molecular formula is C20H16O2. The van der Waals surface area contributed by atoms with E-state index in [4.69, 9.17) is 0 Å². The Morgan fingerprint density at radius 3 is 2.14 bits per heavy atom. The Hall–Kier alpha value is -2.87. The Labute approximate surface area is 129 Å². The summed E-state index contributed by atoms with van der Waals surface area (Å²) >= 11 is 0. The number of carbonyl (C=O) groups is 1. The molecule has 0 atom stereocenters. The lowest BCUT2D eigenvalue weighted by molar-refractivity contribution is 0.0698. The molecule has 22 heavy (non-hydrogen) atoms. The van der Waals surface area contributed by atoms with E-state index in [-0.39, 0.29) is 0 Å². The van der Waals surface area contributed by atoms with Crippen LogP contribution in [0.2, 0.25) is 0 Å². The van der Waals surface area contributed by atoms with Gasteiger partial charge < -0.3 is 5.11 Å². The number of rotatable bonds is 3. The normalized spacial score (nSPS) is 10.4. The summed E-state index contributed by atoms with van der Waals surface area (Å²) in [6.07, 6.45) is 0. The quantitative estimate of drug-likeness (QED) is 0.734. The van der Waals surface area contributed by atoms with Crippen LogP contribution in [0.3, 0.4) is 0 Å². The molecule has 0 unspecified atom stereocenters. The van der Waals surface area contributed by atoms with Crippen LogP contribution in [0.25, 0.3) is 22.3 Å². The third-order valence-corrected chi connectivity index (χ3v) is 3.79. The number of hydrogen-bond acceptors (Lipinski definition) is 1. The number of carboxylic acid groups (broad SMARTS) is 1. The van der Waals surface area contributed by atoms with E-state index in [1.165, 1.54) is 0 Å². The minimum absolute atomic E-state index is 0.328. The van der Waals surface area contributed by atoms with Crippen molar-refractivity contribution in [3.05, 3.63) is 83.9 Å². The lowest BCUT2D eigenvalue weighted by Crippen LogP contribution is -2.00. The van der Waals surface area contributed by atoms with E-state index in [0.717, 1.165) is 27.8 Å². The molecule has 0 spiro atoms. The molecule has 1 N–H and O–H groups in total. The van der Waals surface area contributed by atoms with Crippen molar-refractivity contribution in [2.24, 2.45) is 0 Å². The molecule has 0 bridgehead atoms. The van der Waals surface area contributed by atoms with Crippen molar-refractivity contribution in [2.45, 2.75) is 6.92 Å². The van der Waals surface area contributed by atoms with Crippen molar-refractivity contribution >= 4 is 5.97 Å². The van der Waals surface area contributed by atoms with E-state index in [2.05, 4.69) is 0 Å². The maximum atomic E-state index is 11.6. The van der Waals surface area contributed by atoms with Gasteiger partial charge in [0.1, 0.15) is 0 Å². The summed E-state index contributed by atoms with van der Waals surface area (Å²) in [5.41, 5.74) is 5.20. The average Bonchev–Trinajstić information content (AvgIpc) is 2.55. The summed E-state index contributed by atoms with van der Waals surface area (Å²) in [4.78, 5) is 11.6. The van der Waals surface area contributed by atoms with Gasteiger partial charge in [-0.2, -0.15) is 0 Å². The van der Waals surface area contributed by atoms with Crippen LogP contribution < -0.4 is 0 Å². The first kappa shape index (κ1) is 14.1. The van der Waals surface area contributed by atoms with Crippen molar-refractivity contribution in [1.82, 2.24) is 0 Å². The largest absolute Gasteiger partial charge is 0.478 e. The molecule has 3 rings (SSSR count). The summed E-state index contributed by atoms with van der Waals surface area (Å²) in [6.45, 7) is 2.00. The Morgan fingerprint density at radius 2 is 1.45 bits per heavy atom. The highest BCUT2D eigenvalue weighted by molar-refractivity contribution is 5.97. The van der Waals surface area contributed by atoms with E-state index in [9.17, 15) is 9.90 Å². The van der Waals surface area contributed by atoms with Gasteiger partial charge in [-0.15, -0.1) is 0 Å². The molecule has 0 aliphatic rings. The molecule has 0 aliphatic carbocycles. The predicted octanol–water partition coefficient (Wildman–Crippen LogP) is 5.03. The summed E-state index contributed by atoms with van der Waals surface area (Å²) in [5.74, 6) is -0.905. The first-order valence-corrected chi connectivity index (χ1v) is 7.15. The van der Waals surface area contributed by atoms with Gasteiger partial charge >= 0.3 is 5.97 Å². The van der Waals surface area contributed by atoms with Crippen LogP contribution in [0.4, 0.5) is 0 Å². The molecule has 2 heteroatoms. The van der Waals surface area contributed by atoms with E-state index >= 15 is 0 Å². The van der Waals surface area contributed by atoms with Crippen molar-refractivity contribution in [2.75, 3.05) is 0 Å². The topological polar surface area (TPSA) is 37.3 Å². The van der Waals surface area contributed by atoms with E-state index in [1.54, 1.807) is 6.07 Å². The van der Waals surface area contributed by atoms with Crippen LogP contribution in [0.1, 0.15) is 15.9 Å². The van der Waals surface area contributed by atoms with Gasteiger partial charge in [0.15, 0.2) is 0 Å². The molecule has 3 aromatic carbocycles. The standard InChI is InChI=1S/C20H16O2/c1-14-7-5-6-10-17(14)19-13-16(11-12-18(19)20(21)22)15-8-3-2-4-9-15/h2-13H,1H3,(H,21,22). The third kappa shape index (κ3) is 2.63. The second kappa shape index (κ2) is 5.86. The predicted molar refractivity (Wildman–Crippen MR) is 89.0 cm³/mol.